The molecule has 133 heavy (non-hydrogen) atoms. The number of hydrogen-bond acceptors (Lipinski definition) is 23. The first-order valence-corrected chi connectivity index (χ1v) is 40.3. The average Bonchev–Trinajstić information content (AvgIpc) is 1.68. The second-order valence-corrected chi connectivity index (χ2v) is 30.3. The molecular weight excluding hydrogens is 1720 g/mol. The summed E-state index contributed by atoms with van der Waals surface area (Å²) in [6.45, 7) is 3.46. The van der Waals surface area contributed by atoms with Crippen LogP contribution in [0.4, 0.5) is 51.2 Å². The maximum absolute atomic E-state index is 13.2. The Bertz CT molecular complexity index is 6560. The van der Waals surface area contributed by atoms with Gasteiger partial charge in [0.05, 0.1) is 18.5 Å². The summed E-state index contributed by atoms with van der Waals surface area (Å²) in [6, 6.07) is 17.8. The topological polar surface area (TPSA) is 621 Å². The number of nitrogens with two attached hydrogens (primary N) is 2. The van der Waals surface area contributed by atoms with Crippen molar-refractivity contribution in [2.75, 3.05) is 81.1 Å². The number of ether oxygens (including phenoxy) is 1. The van der Waals surface area contributed by atoms with Gasteiger partial charge in [-0.3, -0.25) is 19.2 Å². The third-order valence-electron chi connectivity index (χ3n) is 20.1. The molecule has 0 atom stereocenters. The number of carboxylic acid groups (broad SMARTS) is 1. The van der Waals surface area contributed by atoms with Crippen molar-refractivity contribution in [3.8, 4) is 0 Å². The number of amides is 10. The molecule has 46 nitrogen and oxygen atoms in total. The van der Waals surface area contributed by atoms with Crippen molar-refractivity contribution in [3.63, 3.8) is 0 Å². The van der Waals surface area contributed by atoms with Crippen LogP contribution in [0.15, 0.2) is 147 Å². The number of esters is 1. The molecule has 12 aromatic heterocycles. The van der Waals surface area contributed by atoms with Crippen molar-refractivity contribution in [1.82, 2.24) is 65.4 Å². The van der Waals surface area contributed by atoms with Gasteiger partial charge >= 0.3 is 412 Å². The summed E-state index contributed by atoms with van der Waals surface area (Å²) in [5.41, 5.74) is 16.8. The van der Waals surface area contributed by atoms with Gasteiger partial charge in [-0.05, 0) is 69.2 Å². The van der Waals surface area contributed by atoms with Crippen LogP contribution in [0.3, 0.4) is 0 Å². The zero-order chi connectivity index (χ0) is 97.8. The van der Waals surface area contributed by atoms with Gasteiger partial charge in [-0.15, -0.1) is 0 Å². The van der Waals surface area contributed by atoms with E-state index in [9.17, 15) is 76.7 Å². The van der Waals surface area contributed by atoms with Gasteiger partial charge in [0.2, 0.25) is 0 Å². The Balaban J connectivity index is 0.000000243. The molecule has 12 heterocycles. The fraction of sp³-hybridized carbons (Fsp3) is 0.241. The predicted molar refractivity (Wildman–Crippen MR) is 496 cm³/mol. The minimum atomic E-state index is -1.11. The molecule has 0 aliphatic heterocycles. The third kappa shape index (κ3) is 25.4. The fourth-order valence-electron chi connectivity index (χ4n) is 13.4. The molecule has 0 aromatic carbocycles. The van der Waals surface area contributed by atoms with Crippen molar-refractivity contribution >= 4 is 168 Å². The molecule has 0 aliphatic rings. The average molecular weight is 1820 g/mol. The number of aryl methyl sites for hydroxylation is 12. The summed E-state index contributed by atoms with van der Waals surface area (Å²) in [5, 5.41) is 71.8. The first-order valence-electron chi connectivity index (χ1n) is 40.3. The summed E-state index contributed by atoms with van der Waals surface area (Å²) in [5.74, 6) is -6.14. The molecule has 12 rings (SSSR count). The molecule has 0 saturated carbocycles. The number of hydrogen-bond donors (Lipinski definition) is 18. The van der Waals surface area contributed by atoms with Crippen LogP contribution in [0.25, 0.3) is 0 Å². The van der Waals surface area contributed by atoms with E-state index in [-0.39, 0.29) is 92.6 Å². The molecule has 50 heteroatoms. The molecule has 0 fully saturated rings. The van der Waals surface area contributed by atoms with Gasteiger partial charge in [0.1, 0.15) is 34.2 Å². The Labute approximate surface area is 761 Å². The van der Waals surface area contributed by atoms with E-state index in [0.29, 0.717) is 101 Å². The monoisotopic (exact) mass is 1820 g/mol. The molecule has 0 aliphatic carbocycles. The SMILES string of the molecule is CB(O)Nc1cc(C(=O)Nc2cc(C(=O)Nc3cc(C(=O)NCCCNC(=O)c4cc(NC(=O)c5cc(NC(=O)c6cc(C(=N)B=O)cn6C)cn5C)cn4C)n(C)c3)n(C)c2)n(C)c1.COC(=O)c1cc(NC(=O)c2cc(NC(=O)c3cc(C(=N)B=O)cn3C)cn2C)cn1C.Cn1cc(NC(=O)c2cc(NC(=O)c3cc(C(=N)B=O)cn3C)cn2C)cc1C(=O)O.NCCCN. The third-order valence-corrected chi connectivity index (χ3v) is 20.1. The summed E-state index contributed by atoms with van der Waals surface area (Å²) >= 11 is 0. The molecular formula is C83H98B4N28O18. The Morgan fingerprint density at radius 1 is 0.316 bits per heavy atom. The normalized spacial score (nSPS) is 10.5. The molecule has 0 spiro atoms. The first-order chi connectivity index (χ1) is 63.0. The van der Waals surface area contributed by atoms with Crippen LogP contribution in [0.5, 0.6) is 0 Å². The Morgan fingerprint density at radius 2 is 0.511 bits per heavy atom. The number of nitrogens with one attached hydrogen (secondary N) is 14. The number of carbonyl (C=O) groups is 12. The van der Waals surface area contributed by atoms with Crippen LogP contribution in [-0.2, 0) is 103 Å². The van der Waals surface area contributed by atoms with Crippen molar-refractivity contribution in [1.29, 1.82) is 16.2 Å². The Morgan fingerprint density at radius 3 is 0.722 bits per heavy atom. The minimum absolute atomic E-state index is 0.0275. The zero-order valence-electron chi connectivity index (χ0n) is 74.9. The fourth-order valence-corrected chi connectivity index (χ4v) is 13.4. The van der Waals surface area contributed by atoms with E-state index in [0.717, 1.165) is 19.5 Å². The van der Waals surface area contributed by atoms with Crippen LogP contribution in [0, 0.1) is 16.2 Å². The van der Waals surface area contributed by atoms with E-state index in [1.54, 1.807) is 170 Å². The second kappa shape index (κ2) is 44.4. The van der Waals surface area contributed by atoms with Crippen LogP contribution in [0.1, 0.15) is 155 Å². The van der Waals surface area contributed by atoms with Crippen molar-refractivity contribution in [2.24, 2.45) is 96.0 Å². The molecule has 20 N–H and O–H groups in total. The van der Waals surface area contributed by atoms with E-state index in [4.69, 9.17) is 37.5 Å². The number of aromatic carboxylic acids is 1. The molecule has 690 valence electrons. The van der Waals surface area contributed by atoms with Gasteiger partial charge in [0.25, 0.3) is 23.6 Å². The summed E-state index contributed by atoms with van der Waals surface area (Å²) < 4.78 is 55.5. The zero-order valence-corrected chi connectivity index (χ0v) is 74.9. The number of aromatic nitrogens is 12. The van der Waals surface area contributed by atoms with Crippen LogP contribution < -0.4 is 69.9 Å². The molecule has 0 radical (unpaired) electrons. The summed E-state index contributed by atoms with van der Waals surface area (Å²) in [6.07, 6.45) is 20.1. The van der Waals surface area contributed by atoms with E-state index in [1.807, 2.05) is 0 Å². The molecule has 0 saturated heterocycles. The summed E-state index contributed by atoms with van der Waals surface area (Å²) in [7, 11) is 21.3. The predicted octanol–water partition coefficient (Wildman–Crippen LogP) is 4.12. The number of nitrogens with zero attached hydrogens (tertiary/aromatic N) is 12. The maximum Gasteiger partial charge on any atom is 0.352 e. The molecule has 0 bridgehead atoms. The van der Waals surface area contributed by atoms with E-state index in [2.05, 4.69) is 58.4 Å². The van der Waals surface area contributed by atoms with Gasteiger partial charge in [0, 0.05) is 98.2 Å². The maximum atomic E-state index is 13.2. The van der Waals surface area contributed by atoms with Crippen LogP contribution in [0.2, 0.25) is 6.82 Å². The number of carboxylic acids is 1. The number of rotatable bonds is 34. The van der Waals surface area contributed by atoms with E-state index < -0.39 is 78.1 Å². The largest absolute Gasteiger partial charge is 0.477 e. The van der Waals surface area contributed by atoms with Gasteiger partial charge in [-0.1, -0.05) is 0 Å². The van der Waals surface area contributed by atoms with Gasteiger partial charge < -0.3 is 80.2 Å². The number of anilines is 9. The van der Waals surface area contributed by atoms with Gasteiger partial charge in [0.15, 0.2) is 0 Å². The van der Waals surface area contributed by atoms with Gasteiger partial charge in [-0.25, -0.2) is 9.59 Å². The number of methoxy groups -OCH3 is 1. The number of carbonyl (C=O) groups excluding carboxylic acids is 11. The standard InChI is InChI=1S/C41H48B2N14O8.C20H21BN6O5.C19H19BN6O5.C3H10N2/c1-43(65)51-28-16-34(57(7)22-28)41(63)50-27-15-33(56(6)21-27)40(62)49-25-13-31(54(4)19-25)37(59)46-10-8-9-45-36(58)30-12-24(18-53(30)3)48-39(61)32-14-26(20-55(32)5)47-38(60)29-11-23(17-52(29)2)35(44)42-64;1-25-8-11(17(22)21-31)5-14(25)18(28)23-12-6-15(26(2)9-12)19(29)24-13-7-16(20(30)32-4)27(3)10-13;1-24-7-10(16(21)20-31)4-13(24)17(27)22-11-5-14(25(2)8-11)18(28)23-12-6-15(19(29)30)26(3)9-12;4-2-1-3-5/h11-22,44,51,65H,8-10H2,1-7H3,(H,45,58)(H,46,59)(H,47,60)(H,48,61)(H,49,62)(H,50,63);5-10,22H,1-4H3,(H,23,28)(H,24,29);4-9,21H,1-3H3,(H,22,27)(H,23,28)(H,29,30);1-5H2. The van der Waals surface area contributed by atoms with Crippen molar-refractivity contribution < 1.29 is 86.5 Å². The summed E-state index contributed by atoms with van der Waals surface area (Å²) in [4.78, 5) is 152. The minimum Gasteiger partial charge on any atom is -0.477 e. The quantitative estimate of drug-likeness (QED) is 0.0117. The second-order valence-electron chi connectivity index (χ2n) is 30.3. The Hall–Kier alpha value is -16.7. The van der Waals surface area contributed by atoms with Crippen LogP contribution in [-0.4, -0.2) is 215 Å². The van der Waals surface area contributed by atoms with Gasteiger partial charge in [-0.2, -0.15) is 0 Å². The smallest absolute Gasteiger partial charge is 0.352 e. The molecule has 10 amide bonds. The molecule has 12 aromatic rings. The van der Waals surface area contributed by atoms with Crippen molar-refractivity contribution in [3.05, 3.63) is 232 Å². The van der Waals surface area contributed by atoms with E-state index in [1.165, 1.54) is 131 Å². The Kier molecular flexibility index (Phi) is 33.4. The van der Waals surface area contributed by atoms with Crippen molar-refractivity contribution in [2.45, 2.75) is 19.7 Å². The van der Waals surface area contributed by atoms with E-state index >= 15 is 0 Å². The molecule has 0 unspecified atom stereocenters. The first kappa shape index (κ1) is 100. The van der Waals surface area contributed by atoms with Crippen LogP contribution >= 0.6 is 0 Å².